The standard InChI is InChI=1S/C8H12N4/c1-5-4-6(5)10-8-3-2-7(9)11-12-8/h2-3,5-6H,4H2,1H3,(H2,9,11)(H,10,12). The smallest absolute Gasteiger partial charge is 0.149 e. The van der Waals surface area contributed by atoms with Crippen LogP contribution >= 0.6 is 0 Å². The molecule has 2 unspecified atom stereocenters. The molecule has 0 bridgehead atoms. The second kappa shape index (κ2) is 2.62. The van der Waals surface area contributed by atoms with E-state index in [9.17, 15) is 0 Å². The van der Waals surface area contributed by atoms with E-state index in [4.69, 9.17) is 5.73 Å². The van der Waals surface area contributed by atoms with Gasteiger partial charge in [-0.05, 0) is 24.5 Å². The zero-order valence-corrected chi connectivity index (χ0v) is 6.99. The molecule has 12 heavy (non-hydrogen) atoms. The van der Waals surface area contributed by atoms with Crippen LogP contribution < -0.4 is 11.1 Å². The largest absolute Gasteiger partial charge is 0.382 e. The number of hydrogen-bond donors (Lipinski definition) is 2. The Balaban J connectivity index is 2.00. The molecule has 3 N–H and O–H groups in total. The lowest BCUT2D eigenvalue weighted by Gasteiger charge is -2.01. The van der Waals surface area contributed by atoms with Crippen LogP contribution in [0.3, 0.4) is 0 Å². The predicted octanol–water partition coefficient (Wildman–Crippen LogP) is 0.879. The highest BCUT2D eigenvalue weighted by atomic mass is 15.2. The van der Waals surface area contributed by atoms with Crippen LogP contribution in [0.2, 0.25) is 0 Å². The second-order valence-corrected chi connectivity index (χ2v) is 3.31. The fourth-order valence-electron chi connectivity index (χ4n) is 1.13. The van der Waals surface area contributed by atoms with Crippen molar-refractivity contribution in [3.63, 3.8) is 0 Å². The summed E-state index contributed by atoms with van der Waals surface area (Å²) in [4.78, 5) is 0. The summed E-state index contributed by atoms with van der Waals surface area (Å²) < 4.78 is 0. The number of nitrogens with one attached hydrogen (secondary N) is 1. The molecule has 1 aliphatic carbocycles. The van der Waals surface area contributed by atoms with Crippen LogP contribution in [0.25, 0.3) is 0 Å². The molecular weight excluding hydrogens is 152 g/mol. The molecule has 1 aliphatic rings. The number of nitrogens with two attached hydrogens (primary N) is 1. The maximum atomic E-state index is 5.40. The van der Waals surface area contributed by atoms with Gasteiger partial charge in [-0.2, -0.15) is 0 Å². The number of anilines is 2. The highest BCUT2D eigenvalue weighted by Gasteiger charge is 2.32. The molecule has 0 radical (unpaired) electrons. The van der Waals surface area contributed by atoms with Gasteiger partial charge in [-0.15, -0.1) is 10.2 Å². The van der Waals surface area contributed by atoms with E-state index in [1.54, 1.807) is 6.07 Å². The molecule has 1 fully saturated rings. The van der Waals surface area contributed by atoms with Crippen molar-refractivity contribution in [2.45, 2.75) is 19.4 Å². The van der Waals surface area contributed by atoms with Crippen LogP contribution in [0.1, 0.15) is 13.3 Å². The molecule has 1 aromatic heterocycles. The van der Waals surface area contributed by atoms with Crippen LogP contribution in [-0.2, 0) is 0 Å². The van der Waals surface area contributed by atoms with E-state index in [1.165, 1.54) is 6.42 Å². The lowest BCUT2D eigenvalue weighted by Crippen LogP contribution is -2.06. The number of nitrogens with zero attached hydrogens (tertiary/aromatic N) is 2. The van der Waals surface area contributed by atoms with E-state index >= 15 is 0 Å². The normalized spacial score (nSPS) is 26.8. The van der Waals surface area contributed by atoms with Gasteiger partial charge >= 0.3 is 0 Å². The molecule has 0 aliphatic heterocycles. The van der Waals surface area contributed by atoms with Crippen molar-refractivity contribution in [3.05, 3.63) is 12.1 Å². The summed E-state index contributed by atoms with van der Waals surface area (Å²) in [6.45, 7) is 2.21. The Morgan fingerprint density at radius 1 is 1.50 bits per heavy atom. The average Bonchev–Trinajstić information content (AvgIpc) is 2.72. The maximum Gasteiger partial charge on any atom is 0.149 e. The van der Waals surface area contributed by atoms with Crippen molar-refractivity contribution in [2.75, 3.05) is 11.1 Å². The quantitative estimate of drug-likeness (QED) is 0.681. The third-order valence-corrected chi connectivity index (χ3v) is 2.13. The number of nitrogen functional groups attached to an aromatic ring is 1. The fourth-order valence-corrected chi connectivity index (χ4v) is 1.13. The number of rotatable bonds is 2. The molecule has 2 rings (SSSR count). The van der Waals surface area contributed by atoms with E-state index in [2.05, 4.69) is 22.4 Å². The van der Waals surface area contributed by atoms with Crippen molar-refractivity contribution in [3.8, 4) is 0 Å². The first kappa shape index (κ1) is 7.34. The van der Waals surface area contributed by atoms with E-state index < -0.39 is 0 Å². The van der Waals surface area contributed by atoms with Gasteiger partial charge in [-0.25, -0.2) is 0 Å². The molecule has 1 aromatic rings. The molecule has 0 saturated heterocycles. The second-order valence-electron chi connectivity index (χ2n) is 3.31. The SMILES string of the molecule is CC1CC1Nc1ccc(N)nn1. The molecule has 0 spiro atoms. The molecule has 64 valence electrons. The highest BCUT2D eigenvalue weighted by molar-refractivity contribution is 5.40. The van der Waals surface area contributed by atoms with Gasteiger partial charge in [-0.3, -0.25) is 0 Å². The lowest BCUT2D eigenvalue weighted by atomic mass is 10.4. The van der Waals surface area contributed by atoms with Gasteiger partial charge in [0.05, 0.1) is 0 Å². The van der Waals surface area contributed by atoms with Gasteiger partial charge in [0, 0.05) is 6.04 Å². The van der Waals surface area contributed by atoms with Gasteiger partial charge in [0.25, 0.3) is 0 Å². The molecule has 4 nitrogen and oxygen atoms in total. The minimum absolute atomic E-state index is 0.462. The van der Waals surface area contributed by atoms with Crippen molar-refractivity contribution in [2.24, 2.45) is 5.92 Å². The first-order chi connectivity index (χ1) is 5.75. The first-order valence-corrected chi connectivity index (χ1v) is 4.11. The third-order valence-electron chi connectivity index (χ3n) is 2.13. The zero-order valence-electron chi connectivity index (χ0n) is 6.99. The first-order valence-electron chi connectivity index (χ1n) is 4.11. The minimum atomic E-state index is 0.462. The molecule has 1 saturated carbocycles. The fraction of sp³-hybridized carbons (Fsp3) is 0.500. The summed E-state index contributed by atoms with van der Waals surface area (Å²) in [5, 5.41) is 10.9. The van der Waals surface area contributed by atoms with Crippen LogP contribution in [0.5, 0.6) is 0 Å². The molecule has 0 aromatic carbocycles. The van der Waals surface area contributed by atoms with Gasteiger partial charge in [0.2, 0.25) is 0 Å². The van der Waals surface area contributed by atoms with E-state index in [0.717, 1.165) is 11.7 Å². The molecule has 4 heteroatoms. The summed E-state index contributed by atoms with van der Waals surface area (Å²) in [5.74, 6) is 2.05. The van der Waals surface area contributed by atoms with Crippen molar-refractivity contribution < 1.29 is 0 Å². The summed E-state index contributed by atoms with van der Waals surface area (Å²) in [7, 11) is 0. The van der Waals surface area contributed by atoms with Gasteiger partial charge < -0.3 is 11.1 Å². The summed E-state index contributed by atoms with van der Waals surface area (Å²) >= 11 is 0. The minimum Gasteiger partial charge on any atom is -0.382 e. The van der Waals surface area contributed by atoms with Crippen molar-refractivity contribution >= 4 is 11.6 Å². The van der Waals surface area contributed by atoms with Crippen LogP contribution in [0, 0.1) is 5.92 Å². The summed E-state index contributed by atoms with van der Waals surface area (Å²) in [6.07, 6.45) is 1.23. The summed E-state index contributed by atoms with van der Waals surface area (Å²) in [6, 6.07) is 4.19. The van der Waals surface area contributed by atoms with Crippen LogP contribution in [0.4, 0.5) is 11.6 Å². The Morgan fingerprint density at radius 3 is 2.75 bits per heavy atom. The average molecular weight is 164 g/mol. The third kappa shape index (κ3) is 1.47. The Hall–Kier alpha value is -1.32. The molecule has 2 atom stereocenters. The van der Waals surface area contributed by atoms with Crippen molar-refractivity contribution in [1.82, 2.24) is 10.2 Å². The van der Waals surface area contributed by atoms with Crippen molar-refractivity contribution in [1.29, 1.82) is 0 Å². The van der Waals surface area contributed by atoms with Crippen LogP contribution in [-0.4, -0.2) is 16.2 Å². The molecular formula is C8H12N4. The molecule has 0 amide bonds. The Morgan fingerprint density at radius 2 is 2.25 bits per heavy atom. The van der Waals surface area contributed by atoms with Crippen LogP contribution in [0.15, 0.2) is 12.1 Å². The van der Waals surface area contributed by atoms with E-state index in [0.29, 0.717) is 11.9 Å². The maximum absolute atomic E-state index is 5.40. The molecule has 1 heterocycles. The van der Waals surface area contributed by atoms with Gasteiger partial charge in [0.15, 0.2) is 0 Å². The Kier molecular flexibility index (Phi) is 1.60. The van der Waals surface area contributed by atoms with Gasteiger partial charge in [0.1, 0.15) is 11.6 Å². The van der Waals surface area contributed by atoms with E-state index in [-0.39, 0.29) is 0 Å². The summed E-state index contributed by atoms with van der Waals surface area (Å²) in [5.41, 5.74) is 5.40. The van der Waals surface area contributed by atoms with E-state index in [1.807, 2.05) is 6.07 Å². The Bertz CT molecular complexity index is 269. The monoisotopic (exact) mass is 164 g/mol. The lowest BCUT2D eigenvalue weighted by molar-refractivity contribution is 0.913. The highest BCUT2D eigenvalue weighted by Crippen LogP contribution is 2.31. The topological polar surface area (TPSA) is 63.8 Å². The van der Waals surface area contributed by atoms with Gasteiger partial charge in [-0.1, -0.05) is 6.92 Å². The Labute approximate surface area is 71.2 Å². The number of hydrogen-bond acceptors (Lipinski definition) is 4. The predicted molar refractivity (Wildman–Crippen MR) is 47.6 cm³/mol. The number of aromatic nitrogens is 2. The zero-order chi connectivity index (χ0) is 8.55.